The average molecular weight is 233 g/mol. The molecule has 4 aliphatic carbocycles. The van der Waals surface area contributed by atoms with Crippen LogP contribution in [-0.2, 0) is 0 Å². The summed E-state index contributed by atoms with van der Waals surface area (Å²) >= 11 is 0. The van der Waals surface area contributed by atoms with Gasteiger partial charge in [0.1, 0.15) is 0 Å². The maximum absolute atomic E-state index is 6.03. The molecule has 0 aromatic rings. The molecular weight excluding hydrogens is 210 g/mol. The minimum Gasteiger partial charge on any atom is -0.370 e. The number of allylic oxidation sites excluding steroid dienone is 2. The molecule has 3 unspecified atom stereocenters. The lowest BCUT2D eigenvalue weighted by Crippen LogP contribution is -2.37. The van der Waals surface area contributed by atoms with Crippen molar-refractivity contribution in [2.45, 2.75) is 38.1 Å². The highest BCUT2D eigenvalue weighted by Crippen LogP contribution is 2.40. The maximum Gasteiger partial charge on any atom is 0.191 e. The summed E-state index contributed by atoms with van der Waals surface area (Å²) in [6, 6.07) is 0.668. The quantitative estimate of drug-likeness (QED) is 0.460. The van der Waals surface area contributed by atoms with E-state index in [1.165, 1.54) is 32.1 Å². The van der Waals surface area contributed by atoms with Gasteiger partial charge in [0.25, 0.3) is 0 Å². The van der Waals surface area contributed by atoms with Gasteiger partial charge in [-0.15, -0.1) is 0 Å². The molecule has 2 fully saturated rings. The first-order chi connectivity index (χ1) is 8.24. The third-order valence-electron chi connectivity index (χ3n) is 4.66. The first kappa shape index (κ1) is 11.1. The minimum absolute atomic E-state index is 0.668. The third kappa shape index (κ3) is 2.33. The second kappa shape index (κ2) is 4.35. The topological polar surface area (TPSA) is 41.6 Å². The number of hydrogen-bond acceptors (Lipinski definition) is 1. The van der Waals surface area contributed by atoms with Gasteiger partial charge in [0.2, 0.25) is 0 Å². The van der Waals surface area contributed by atoms with Crippen LogP contribution in [0.2, 0.25) is 0 Å². The summed E-state index contributed by atoms with van der Waals surface area (Å²) in [4.78, 5) is 6.76. The van der Waals surface area contributed by atoms with E-state index in [9.17, 15) is 0 Å². The fraction of sp³-hybridized carbons (Fsp3) is 0.786. The summed E-state index contributed by atoms with van der Waals surface area (Å²) in [6.07, 6.45) is 11.5. The van der Waals surface area contributed by atoms with E-state index in [0.29, 0.717) is 6.04 Å². The molecule has 17 heavy (non-hydrogen) atoms. The first-order valence-corrected chi connectivity index (χ1v) is 6.95. The van der Waals surface area contributed by atoms with Crippen molar-refractivity contribution in [3.63, 3.8) is 0 Å². The van der Waals surface area contributed by atoms with Crippen molar-refractivity contribution >= 4 is 5.96 Å². The van der Waals surface area contributed by atoms with E-state index >= 15 is 0 Å². The summed E-state index contributed by atoms with van der Waals surface area (Å²) in [6.45, 7) is 0.925. The van der Waals surface area contributed by atoms with Crippen LogP contribution in [0.15, 0.2) is 17.1 Å². The zero-order chi connectivity index (χ0) is 11.8. The van der Waals surface area contributed by atoms with E-state index in [-0.39, 0.29) is 0 Å². The molecule has 2 bridgehead atoms. The molecule has 0 aromatic heterocycles. The van der Waals surface area contributed by atoms with Crippen LogP contribution in [0.25, 0.3) is 0 Å². The number of guanidine groups is 1. The Kier molecular flexibility index (Phi) is 2.85. The standard InChI is InChI=1S/C14H23N3/c1-17(13-6-7-13)14(15)16-9-12-8-10-2-4-11(12)5-3-10/h2,4,10-13H,3,5-9H2,1H3,(H2,15,16). The van der Waals surface area contributed by atoms with Crippen LogP contribution in [0, 0.1) is 17.8 Å². The first-order valence-electron chi connectivity index (χ1n) is 6.95. The summed E-state index contributed by atoms with van der Waals surface area (Å²) < 4.78 is 0. The average Bonchev–Trinajstić information content (AvgIpc) is 3.21. The molecular formula is C14H23N3. The molecule has 0 saturated heterocycles. The minimum atomic E-state index is 0.668. The van der Waals surface area contributed by atoms with Crippen LogP contribution in [0.3, 0.4) is 0 Å². The Morgan fingerprint density at radius 3 is 2.65 bits per heavy atom. The number of nitrogens with zero attached hydrogens (tertiary/aromatic N) is 2. The number of nitrogens with two attached hydrogens (primary N) is 1. The Morgan fingerprint density at radius 1 is 1.29 bits per heavy atom. The van der Waals surface area contributed by atoms with Gasteiger partial charge in [-0.05, 0) is 49.9 Å². The Hall–Kier alpha value is -0.990. The van der Waals surface area contributed by atoms with Crippen molar-refractivity contribution in [1.82, 2.24) is 4.90 Å². The van der Waals surface area contributed by atoms with Crippen LogP contribution in [0.4, 0.5) is 0 Å². The zero-order valence-corrected chi connectivity index (χ0v) is 10.7. The smallest absolute Gasteiger partial charge is 0.191 e. The Labute approximate surface area is 104 Å². The second-order valence-corrected chi connectivity index (χ2v) is 5.92. The molecule has 0 radical (unpaired) electrons. The molecule has 3 heteroatoms. The number of rotatable bonds is 3. The lowest BCUT2D eigenvalue weighted by molar-refractivity contribution is 0.227. The van der Waals surface area contributed by atoms with Gasteiger partial charge in [-0.1, -0.05) is 12.2 Å². The van der Waals surface area contributed by atoms with Gasteiger partial charge in [-0.3, -0.25) is 4.99 Å². The van der Waals surface area contributed by atoms with Crippen LogP contribution in [0.1, 0.15) is 32.1 Å². The van der Waals surface area contributed by atoms with Crippen molar-refractivity contribution < 1.29 is 0 Å². The van der Waals surface area contributed by atoms with Crippen molar-refractivity contribution in [2.24, 2.45) is 28.5 Å². The lowest BCUT2D eigenvalue weighted by atomic mass is 9.69. The third-order valence-corrected chi connectivity index (χ3v) is 4.66. The van der Waals surface area contributed by atoms with Gasteiger partial charge >= 0.3 is 0 Å². The summed E-state index contributed by atoms with van der Waals surface area (Å²) in [5, 5.41) is 0. The highest BCUT2D eigenvalue weighted by atomic mass is 15.3. The highest BCUT2D eigenvalue weighted by Gasteiger charge is 2.32. The van der Waals surface area contributed by atoms with E-state index in [2.05, 4.69) is 29.1 Å². The van der Waals surface area contributed by atoms with Crippen molar-refractivity contribution in [1.29, 1.82) is 0 Å². The predicted octanol–water partition coefficient (Wildman–Crippen LogP) is 2.00. The highest BCUT2D eigenvalue weighted by molar-refractivity contribution is 5.78. The van der Waals surface area contributed by atoms with Gasteiger partial charge in [0, 0.05) is 19.6 Å². The molecule has 3 atom stereocenters. The van der Waals surface area contributed by atoms with Crippen LogP contribution < -0.4 is 5.73 Å². The Balaban J connectivity index is 1.56. The summed E-state index contributed by atoms with van der Waals surface area (Å²) in [5.41, 5.74) is 6.03. The zero-order valence-electron chi connectivity index (χ0n) is 10.7. The predicted molar refractivity (Wildman–Crippen MR) is 70.7 cm³/mol. The molecule has 0 spiro atoms. The van der Waals surface area contributed by atoms with E-state index in [1.807, 2.05) is 0 Å². The Bertz CT molecular complexity index is 343. The van der Waals surface area contributed by atoms with E-state index in [0.717, 1.165) is 30.3 Å². The number of hydrogen-bond donors (Lipinski definition) is 1. The van der Waals surface area contributed by atoms with E-state index < -0.39 is 0 Å². The van der Waals surface area contributed by atoms with Gasteiger partial charge in [-0.2, -0.15) is 0 Å². The monoisotopic (exact) mass is 233 g/mol. The van der Waals surface area contributed by atoms with E-state index in [4.69, 9.17) is 5.73 Å². The fourth-order valence-electron chi connectivity index (χ4n) is 3.23. The SMILES string of the molecule is CN(C(N)=NCC1CC2C=CC1CC2)C1CC1. The van der Waals surface area contributed by atoms with Gasteiger partial charge in [0.15, 0.2) is 5.96 Å². The van der Waals surface area contributed by atoms with Crippen molar-refractivity contribution in [3.05, 3.63) is 12.2 Å². The van der Waals surface area contributed by atoms with Crippen LogP contribution >= 0.6 is 0 Å². The number of fused-ring (bicyclic) bond motifs is 2. The van der Waals surface area contributed by atoms with Gasteiger partial charge in [0.05, 0.1) is 0 Å². The molecule has 0 heterocycles. The largest absolute Gasteiger partial charge is 0.370 e. The maximum atomic E-state index is 6.03. The summed E-state index contributed by atoms with van der Waals surface area (Å²) in [5.74, 6) is 3.08. The van der Waals surface area contributed by atoms with Crippen LogP contribution in [0.5, 0.6) is 0 Å². The van der Waals surface area contributed by atoms with E-state index in [1.54, 1.807) is 0 Å². The van der Waals surface area contributed by atoms with Gasteiger partial charge < -0.3 is 10.6 Å². The van der Waals surface area contributed by atoms with Crippen molar-refractivity contribution in [2.75, 3.05) is 13.6 Å². The molecule has 94 valence electrons. The molecule has 2 N–H and O–H groups in total. The molecule has 3 nitrogen and oxygen atoms in total. The molecule has 0 amide bonds. The second-order valence-electron chi connectivity index (χ2n) is 5.92. The Morgan fingerprint density at radius 2 is 2.12 bits per heavy atom. The van der Waals surface area contributed by atoms with Crippen molar-refractivity contribution in [3.8, 4) is 0 Å². The molecule has 2 saturated carbocycles. The lowest BCUT2D eigenvalue weighted by Gasteiger charge is -2.37. The number of aliphatic imine (C=N–C) groups is 1. The fourth-order valence-corrected chi connectivity index (χ4v) is 3.23. The molecule has 0 aromatic carbocycles. The van der Waals surface area contributed by atoms with Crippen LogP contribution in [-0.4, -0.2) is 30.5 Å². The molecule has 4 aliphatic rings. The molecule has 0 aliphatic heterocycles. The normalized spacial score (nSPS) is 36.3. The summed E-state index contributed by atoms with van der Waals surface area (Å²) in [7, 11) is 2.07. The van der Waals surface area contributed by atoms with Gasteiger partial charge in [-0.25, -0.2) is 0 Å². The molecule has 4 rings (SSSR count).